The third kappa shape index (κ3) is 2.66. The maximum atomic E-state index is 6.46. The molecule has 1 aliphatic heterocycles. The molecule has 2 unspecified atom stereocenters. The molecule has 2 atom stereocenters. The van der Waals surface area contributed by atoms with E-state index in [1.807, 2.05) is 24.3 Å². The first-order chi connectivity index (χ1) is 10.2. The molecule has 110 valence electrons. The average molecular weight is 302 g/mol. The normalized spacial score (nSPS) is 20.1. The Morgan fingerprint density at radius 2 is 1.86 bits per heavy atom. The molecule has 0 spiro atoms. The van der Waals surface area contributed by atoms with Crippen molar-refractivity contribution < 1.29 is 4.74 Å². The minimum atomic E-state index is 0.156. The van der Waals surface area contributed by atoms with Crippen LogP contribution in [-0.4, -0.2) is 12.6 Å². The Bertz CT molecular complexity index is 627. The van der Waals surface area contributed by atoms with Gasteiger partial charge in [-0.05, 0) is 36.2 Å². The first-order valence-electron chi connectivity index (χ1n) is 7.53. The van der Waals surface area contributed by atoms with Crippen molar-refractivity contribution in [3.8, 4) is 16.9 Å². The van der Waals surface area contributed by atoms with Crippen LogP contribution in [0.1, 0.15) is 31.9 Å². The van der Waals surface area contributed by atoms with Gasteiger partial charge >= 0.3 is 0 Å². The van der Waals surface area contributed by atoms with Crippen molar-refractivity contribution >= 4 is 11.6 Å². The highest BCUT2D eigenvalue weighted by atomic mass is 35.5. The lowest BCUT2D eigenvalue weighted by Gasteiger charge is -2.18. The minimum Gasteiger partial charge on any atom is -0.487 e. The maximum absolute atomic E-state index is 6.46. The van der Waals surface area contributed by atoms with Gasteiger partial charge in [0, 0.05) is 5.56 Å². The van der Waals surface area contributed by atoms with Crippen molar-refractivity contribution in [2.24, 2.45) is 0 Å². The molecular formula is C18H20ClNO. The third-order valence-corrected chi connectivity index (χ3v) is 4.26. The standard InChI is InChI=1S/C18H20ClNO/c1-3-16-17(20-4-2)14-10-13(11-15(19)18(14)21-16)12-8-6-5-7-9-12/h5-11,16-17,20H,3-4H2,1-2H3. The number of likely N-dealkylation sites (N-methyl/N-ethyl adjacent to an activating group) is 1. The quantitative estimate of drug-likeness (QED) is 0.873. The van der Waals surface area contributed by atoms with Gasteiger partial charge in [-0.15, -0.1) is 0 Å². The zero-order valence-electron chi connectivity index (χ0n) is 12.4. The molecule has 0 aliphatic carbocycles. The van der Waals surface area contributed by atoms with Gasteiger partial charge in [0.05, 0.1) is 11.1 Å². The smallest absolute Gasteiger partial charge is 0.143 e. The Hall–Kier alpha value is -1.51. The summed E-state index contributed by atoms with van der Waals surface area (Å²) in [7, 11) is 0. The Kier molecular flexibility index (Phi) is 4.18. The summed E-state index contributed by atoms with van der Waals surface area (Å²) in [6.07, 6.45) is 1.12. The van der Waals surface area contributed by atoms with Gasteiger partial charge in [-0.2, -0.15) is 0 Å². The molecule has 2 aromatic rings. The SMILES string of the molecule is CCNC1c2cc(-c3ccccc3)cc(Cl)c2OC1CC. The van der Waals surface area contributed by atoms with Gasteiger partial charge < -0.3 is 10.1 Å². The van der Waals surface area contributed by atoms with Crippen molar-refractivity contribution in [2.75, 3.05) is 6.54 Å². The number of halogens is 1. The molecular weight excluding hydrogens is 282 g/mol. The summed E-state index contributed by atoms with van der Waals surface area (Å²) in [6.45, 7) is 5.18. The summed E-state index contributed by atoms with van der Waals surface area (Å²) < 4.78 is 6.05. The Morgan fingerprint density at radius 1 is 1.10 bits per heavy atom. The molecule has 1 N–H and O–H groups in total. The lowest BCUT2D eigenvalue weighted by atomic mass is 9.97. The largest absolute Gasteiger partial charge is 0.487 e. The van der Waals surface area contributed by atoms with Crippen LogP contribution in [0, 0.1) is 0 Å². The van der Waals surface area contributed by atoms with Crippen LogP contribution >= 0.6 is 11.6 Å². The number of benzene rings is 2. The highest BCUT2D eigenvalue weighted by Gasteiger charge is 2.34. The number of hydrogen-bond acceptors (Lipinski definition) is 2. The summed E-state index contributed by atoms with van der Waals surface area (Å²) in [5, 5.41) is 4.22. The second-order valence-corrected chi connectivity index (χ2v) is 5.75. The molecule has 0 aromatic heterocycles. The van der Waals surface area contributed by atoms with E-state index in [0.717, 1.165) is 24.3 Å². The Labute approximate surface area is 131 Å². The molecule has 0 radical (unpaired) electrons. The van der Waals surface area contributed by atoms with Crippen LogP contribution < -0.4 is 10.1 Å². The van der Waals surface area contributed by atoms with Gasteiger partial charge in [0.2, 0.25) is 0 Å². The minimum absolute atomic E-state index is 0.156. The molecule has 0 saturated heterocycles. The van der Waals surface area contributed by atoms with Crippen molar-refractivity contribution in [3.05, 3.63) is 53.1 Å². The van der Waals surface area contributed by atoms with Gasteiger partial charge in [0.25, 0.3) is 0 Å². The van der Waals surface area contributed by atoms with Gasteiger partial charge in [-0.3, -0.25) is 0 Å². The maximum Gasteiger partial charge on any atom is 0.143 e. The lowest BCUT2D eigenvalue weighted by molar-refractivity contribution is 0.186. The van der Waals surface area contributed by atoms with Gasteiger partial charge in [-0.1, -0.05) is 55.8 Å². The average Bonchev–Trinajstić information content (AvgIpc) is 2.87. The van der Waals surface area contributed by atoms with Gasteiger partial charge in [0.1, 0.15) is 11.9 Å². The van der Waals surface area contributed by atoms with Gasteiger partial charge in [0.15, 0.2) is 0 Å². The van der Waals surface area contributed by atoms with E-state index in [1.165, 1.54) is 11.1 Å². The first-order valence-corrected chi connectivity index (χ1v) is 7.91. The van der Waals surface area contributed by atoms with E-state index in [9.17, 15) is 0 Å². The topological polar surface area (TPSA) is 21.3 Å². The van der Waals surface area contributed by atoms with E-state index < -0.39 is 0 Å². The third-order valence-electron chi connectivity index (χ3n) is 3.98. The molecule has 0 amide bonds. The second kappa shape index (κ2) is 6.08. The molecule has 3 rings (SSSR count). The van der Waals surface area contributed by atoms with Crippen LogP contribution in [0.3, 0.4) is 0 Å². The monoisotopic (exact) mass is 301 g/mol. The molecule has 3 heteroatoms. The highest BCUT2D eigenvalue weighted by molar-refractivity contribution is 6.32. The van der Waals surface area contributed by atoms with Crippen LogP contribution in [0.5, 0.6) is 5.75 Å². The molecule has 0 bridgehead atoms. The summed E-state index contributed by atoms with van der Waals surface area (Å²) in [6, 6.07) is 14.7. The molecule has 0 saturated carbocycles. The molecule has 1 heterocycles. The van der Waals surface area contributed by atoms with Crippen LogP contribution in [0.2, 0.25) is 5.02 Å². The van der Waals surface area contributed by atoms with E-state index in [-0.39, 0.29) is 12.1 Å². The van der Waals surface area contributed by atoms with Crippen molar-refractivity contribution in [2.45, 2.75) is 32.4 Å². The van der Waals surface area contributed by atoms with E-state index in [2.05, 4.69) is 37.4 Å². The predicted octanol–water partition coefficient (Wildman–Crippen LogP) is 4.83. The number of hydrogen-bond donors (Lipinski definition) is 1. The summed E-state index contributed by atoms with van der Waals surface area (Å²) in [5.41, 5.74) is 3.50. The highest BCUT2D eigenvalue weighted by Crippen LogP contribution is 2.45. The van der Waals surface area contributed by atoms with E-state index in [4.69, 9.17) is 16.3 Å². The second-order valence-electron chi connectivity index (χ2n) is 5.34. The molecule has 21 heavy (non-hydrogen) atoms. The fourth-order valence-electron chi connectivity index (χ4n) is 2.97. The lowest BCUT2D eigenvalue weighted by Crippen LogP contribution is -2.30. The first kappa shape index (κ1) is 14.4. The molecule has 2 aromatic carbocycles. The van der Waals surface area contributed by atoms with E-state index in [1.54, 1.807) is 0 Å². The van der Waals surface area contributed by atoms with Crippen molar-refractivity contribution in [1.82, 2.24) is 5.32 Å². The van der Waals surface area contributed by atoms with Crippen LogP contribution in [-0.2, 0) is 0 Å². The molecule has 2 nitrogen and oxygen atoms in total. The van der Waals surface area contributed by atoms with Crippen LogP contribution in [0.4, 0.5) is 0 Å². The van der Waals surface area contributed by atoms with Crippen molar-refractivity contribution in [3.63, 3.8) is 0 Å². The van der Waals surface area contributed by atoms with E-state index in [0.29, 0.717) is 5.02 Å². The summed E-state index contributed by atoms with van der Waals surface area (Å²) >= 11 is 6.46. The van der Waals surface area contributed by atoms with Crippen LogP contribution in [0.25, 0.3) is 11.1 Å². The summed E-state index contributed by atoms with van der Waals surface area (Å²) in [4.78, 5) is 0. The zero-order valence-corrected chi connectivity index (χ0v) is 13.2. The van der Waals surface area contributed by atoms with Gasteiger partial charge in [-0.25, -0.2) is 0 Å². The molecule has 0 fully saturated rings. The number of nitrogens with one attached hydrogen (secondary N) is 1. The fraction of sp³-hybridized carbons (Fsp3) is 0.333. The number of ether oxygens (including phenoxy) is 1. The predicted molar refractivity (Wildman–Crippen MR) is 88.0 cm³/mol. The summed E-state index contributed by atoms with van der Waals surface area (Å²) in [5.74, 6) is 0.842. The molecule has 1 aliphatic rings. The Morgan fingerprint density at radius 3 is 2.52 bits per heavy atom. The van der Waals surface area contributed by atoms with E-state index >= 15 is 0 Å². The zero-order chi connectivity index (χ0) is 14.8. The number of fused-ring (bicyclic) bond motifs is 1. The van der Waals surface area contributed by atoms with Crippen LogP contribution in [0.15, 0.2) is 42.5 Å². The Balaban J connectivity index is 2.06. The number of rotatable bonds is 4. The van der Waals surface area contributed by atoms with Crippen molar-refractivity contribution in [1.29, 1.82) is 0 Å². The fourth-order valence-corrected chi connectivity index (χ4v) is 3.24.